The number of fused-ring (bicyclic) bond motifs is 5. The number of hydrogen-bond donors (Lipinski definition) is 0. The third-order valence-electron chi connectivity index (χ3n) is 10.9. The molecule has 0 unspecified atom stereocenters. The fourth-order valence-electron chi connectivity index (χ4n) is 7.78. The Bertz CT molecular complexity index is 2090. The Labute approximate surface area is 262 Å². The van der Waals surface area contributed by atoms with Gasteiger partial charge in [0.2, 0.25) is 5.69 Å². The molecule has 7 rings (SSSR count). The average Bonchev–Trinajstić information content (AvgIpc) is 3.01. The van der Waals surface area contributed by atoms with Crippen molar-refractivity contribution in [3.63, 3.8) is 0 Å². The van der Waals surface area contributed by atoms with Gasteiger partial charge in [0, 0.05) is 22.6 Å². The van der Waals surface area contributed by atoms with Crippen molar-refractivity contribution in [2.75, 3.05) is 0 Å². The summed E-state index contributed by atoms with van der Waals surface area (Å²) in [5, 5.41) is 2.69. The van der Waals surface area contributed by atoms with E-state index in [0.717, 1.165) is 0 Å². The lowest BCUT2D eigenvalue weighted by Gasteiger charge is -2.49. The van der Waals surface area contributed by atoms with E-state index in [2.05, 4.69) is 169 Å². The molecule has 0 radical (unpaired) electrons. The summed E-state index contributed by atoms with van der Waals surface area (Å²) in [7, 11) is 2.19. The molecule has 0 atom stereocenters. The summed E-state index contributed by atoms with van der Waals surface area (Å²) < 4.78 is 2.31. The Morgan fingerprint density at radius 1 is 0.545 bits per heavy atom. The van der Waals surface area contributed by atoms with Crippen LogP contribution in [0.5, 0.6) is 0 Å². The van der Waals surface area contributed by atoms with Crippen LogP contribution in [0.3, 0.4) is 0 Å². The highest BCUT2D eigenvalue weighted by molar-refractivity contribution is 5.97. The van der Waals surface area contributed by atoms with Crippen LogP contribution in [0.25, 0.3) is 55.4 Å². The first-order chi connectivity index (χ1) is 21.0. The maximum atomic E-state index is 2.43. The Hall–Kier alpha value is -4.49. The number of aryl methyl sites for hydroxylation is 3. The van der Waals surface area contributed by atoms with Gasteiger partial charge in [-0.1, -0.05) is 119 Å². The van der Waals surface area contributed by atoms with Gasteiger partial charge in [-0.25, -0.2) is 4.57 Å². The standard InChI is InChI=1S/C43H42N/c1-27-24-32(30-14-10-9-11-15-30)19-20-33(27)37-25-39(44(8)26-28(37)2)34-22-23-38-40(29(34)3)36-21-18-31-16-12-13-17-35(31)41(36)43(6,7)42(38,4)5/h9-26H,1-8H3/q+1. The van der Waals surface area contributed by atoms with Crippen molar-refractivity contribution in [3.8, 4) is 44.6 Å². The van der Waals surface area contributed by atoms with Gasteiger partial charge >= 0.3 is 0 Å². The zero-order chi connectivity index (χ0) is 31.0. The SMILES string of the molecule is Cc1cc(-c2ccccc2)ccc1-c1cc(-c2ccc3c(c2C)-c2ccc4ccccc4c2C(C)(C)C3(C)C)[n+](C)cc1C. The number of nitrogens with zero attached hydrogens (tertiary/aromatic N) is 1. The lowest BCUT2D eigenvalue weighted by atomic mass is 9.54. The van der Waals surface area contributed by atoms with Crippen LogP contribution in [0.2, 0.25) is 0 Å². The zero-order valence-electron chi connectivity index (χ0n) is 27.3. The second-order valence-corrected chi connectivity index (χ2v) is 13.9. The summed E-state index contributed by atoms with van der Waals surface area (Å²) in [4.78, 5) is 0. The molecule has 0 amide bonds. The van der Waals surface area contributed by atoms with Gasteiger partial charge in [0.25, 0.3) is 0 Å². The van der Waals surface area contributed by atoms with E-state index in [0.29, 0.717) is 0 Å². The van der Waals surface area contributed by atoms with E-state index in [1.807, 2.05) is 0 Å². The lowest BCUT2D eigenvalue weighted by molar-refractivity contribution is -0.660. The first-order valence-electron chi connectivity index (χ1n) is 15.8. The Kier molecular flexibility index (Phi) is 6.45. The van der Waals surface area contributed by atoms with Crippen molar-refractivity contribution < 1.29 is 4.57 Å². The molecule has 0 bridgehead atoms. The van der Waals surface area contributed by atoms with E-state index in [1.165, 1.54) is 83.2 Å². The minimum absolute atomic E-state index is 0.0325. The van der Waals surface area contributed by atoms with E-state index in [-0.39, 0.29) is 10.8 Å². The summed E-state index contributed by atoms with van der Waals surface area (Å²) in [6, 6.07) is 38.3. The topological polar surface area (TPSA) is 3.88 Å². The van der Waals surface area contributed by atoms with Crippen molar-refractivity contribution in [1.82, 2.24) is 0 Å². The van der Waals surface area contributed by atoms with Crippen molar-refractivity contribution in [1.29, 1.82) is 0 Å². The van der Waals surface area contributed by atoms with Gasteiger partial charge in [-0.3, -0.25) is 0 Å². The van der Waals surface area contributed by atoms with Crippen LogP contribution in [0.1, 0.15) is 55.5 Å². The molecule has 1 heteroatoms. The summed E-state index contributed by atoms with van der Waals surface area (Å²) in [5.41, 5.74) is 17.2. The first-order valence-corrected chi connectivity index (χ1v) is 15.8. The normalized spacial score (nSPS) is 14.7. The van der Waals surface area contributed by atoms with E-state index < -0.39 is 0 Å². The Balaban J connectivity index is 1.43. The molecule has 5 aromatic carbocycles. The van der Waals surface area contributed by atoms with Gasteiger partial charge in [0.1, 0.15) is 7.05 Å². The second kappa shape index (κ2) is 10.0. The molecule has 0 aliphatic heterocycles. The van der Waals surface area contributed by atoms with Gasteiger partial charge in [-0.05, 0) is 98.7 Å². The Morgan fingerprint density at radius 2 is 1.23 bits per heavy atom. The monoisotopic (exact) mass is 572 g/mol. The minimum atomic E-state index is -0.0407. The largest absolute Gasteiger partial charge is 0.213 e. The molecule has 6 aromatic rings. The van der Waals surface area contributed by atoms with Gasteiger partial charge in [-0.2, -0.15) is 0 Å². The first kappa shape index (κ1) is 28.3. The zero-order valence-corrected chi connectivity index (χ0v) is 27.3. The predicted molar refractivity (Wildman–Crippen MR) is 187 cm³/mol. The minimum Gasteiger partial charge on any atom is -0.201 e. The highest BCUT2D eigenvalue weighted by atomic mass is 14.9. The highest BCUT2D eigenvalue weighted by Gasteiger charge is 2.47. The smallest absolute Gasteiger partial charge is 0.201 e. The maximum absolute atomic E-state index is 2.43. The van der Waals surface area contributed by atoms with Crippen LogP contribution in [-0.2, 0) is 17.9 Å². The molecule has 1 aliphatic carbocycles. The molecule has 0 spiro atoms. The summed E-state index contributed by atoms with van der Waals surface area (Å²) >= 11 is 0. The molecule has 218 valence electrons. The lowest BCUT2D eigenvalue weighted by Crippen LogP contribution is -2.44. The van der Waals surface area contributed by atoms with Gasteiger partial charge in [0.05, 0.1) is 0 Å². The average molecular weight is 573 g/mol. The molecule has 0 fully saturated rings. The molecule has 1 nitrogen and oxygen atoms in total. The quantitative estimate of drug-likeness (QED) is 0.186. The molecule has 0 saturated carbocycles. The van der Waals surface area contributed by atoms with Gasteiger partial charge in [0.15, 0.2) is 6.20 Å². The summed E-state index contributed by atoms with van der Waals surface area (Å²) in [5.74, 6) is 0. The van der Waals surface area contributed by atoms with E-state index in [9.17, 15) is 0 Å². The van der Waals surface area contributed by atoms with E-state index in [4.69, 9.17) is 0 Å². The molecule has 1 aromatic heterocycles. The number of benzene rings is 5. The highest BCUT2D eigenvalue weighted by Crippen LogP contribution is 2.57. The van der Waals surface area contributed by atoms with Crippen molar-refractivity contribution in [2.24, 2.45) is 7.05 Å². The van der Waals surface area contributed by atoms with Crippen LogP contribution in [-0.4, -0.2) is 0 Å². The van der Waals surface area contributed by atoms with Crippen molar-refractivity contribution >= 4 is 10.8 Å². The number of rotatable bonds is 3. The molecule has 44 heavy (non-hydrogen) atoms. The van der Waals surface area contributed by atoms with Crippen LogP contribution in [0, 0.1) is 20.8 Å². The van der Waals surface area contributed by atoms with Crippen LogP contribution >= 0.6 is 0 Å². The van der Waals surface area contributed by atoms with Crippen LogP contribution in [0.15, 0.2) is 109 Å². The molecule has 0 N–H and O–H groups in total. The third-order valence-corrected chi connectivity index (χ3v) is 10.9. The van der Waals surface area contributed by atoms with Gasteiger partial charge in [-0.15, -0.1) is 0 Å². The Morgan fingerprint density at radius 3 is 1.98 bits per heavy atom. The molecular weight excluding hydrogens is 530 g/mol. The molecule has 0 saturated heterocycles. The maximum Gasteiger partial charge on any atom is 0.213 e. The van der Waals surface area contributed by atoms with Crippen molar-refractivity contribution in [2.45, 2.75) is 59.3 Å². The molecular formula is C43H42N+. The van der Waals surface area contributed by atoms with E-state index >= 15 is 0 Å². The summed E-state index contributed by atoms with van der Waals surface area (Å²) in [6.07, 6.45) is 2.29. The van der Waals surface area contributed by atoms with Crippen molar-refractivity contribution in [3.05, 3.63) is 137 Å². The number of aromatic nitrogens is 1. The molecule has 1 heterocycles. The van der Waals surface area contributed by atoms with Crippen LogP contribution in [0.4, 0.5) is 0 Å². The molecule has 1 aliphatic rings. The third kappa shape index (κ3) is 4.09. The van der Waals surface area contributed by atoms with Crippen LogP contribution < -0.4 is 4.57 Å². The summed E-state index contributed by atoms with van der Waals surface area (Å²) in [6.45, 7) is 16.5. The second-order valence-electron chi connectivity index (χ2n) is 13.9. The predicted octanol–water partition coefficient (Wildman–Crippen LogP) is 10.8. The number of hydrogen-bond acceptors (Lipinski definition) is 0. The number of pyridine rings is 1. The van der Waals surface area contributed by atoms with Gasteiger partial charge < -0.3 is 0 Å². The fraction of sp³-hybridized carbons (Fsp3) is 0.233. The fourth-order valence-corrected chi connectivity index (χ4v) is 7.78. The van der Waals surface area contributed by atoms with E-state index in [1.54, 1.807) is 0 Å².